The summed E-state index contributed by atoms with van der Waals surface area (Å²) >= 11 is 0. The van der Waals surface area contributed by atoms with Crippen LogP contribution in [0.1, 0.15) is 40.5 Å². The van der Waals surface area contributed by atoms with Gasteiger partial charge in [0.05, 0.1) is 13.5 Å². The lowest BCUT2D eigenvalue weighted by Crippen LogP contribution is -2.21. The van der Waals surface area contributed by atoms with Gasteiger partial charge in [-0.3, -0.25) is 9.00 Å². The first kappa shape index (κ1) is 14.6. The van der Waals surface area contributed by atoms with Gasteiger partial charge in [-0.25, -0.2) is 0 Å². The van der Waals surface area contributed by atoms with E-state index in [4.69, 9.17) is 0 Å². The van der Waals surface area contributed by atoms with Crippen LogP contribution in [0.25, 0.3) is 0 Å². The van der Waals surface area contributed by atoms with Gasteiger partial charge in [-0.15, -0.1) is 0 Å². The third-order valence-corrected chi connectivity index (χ3v) is 3.85. The zero-order valence-electron chi connectivity index (χ0n) is 10.3. The molecule has 4 heteroatoms. The molecule has 0 spiro atoms. The maximum absolute atomic E-state index is 11.7. The predicted octanol–water partition coefficient (Wildman–Crippen LogP) is 2.12. The highest BCUT2D eigenvalue weighted by atomic mass is 32.2. The molecule has 0 radical (unpaired) electrons. The molecule has 0 heterocycles. The standard InChI is InChI=1S/C11H22O3S/c1-9(8-10(12)14-5)15(13)7-6-11(2,3)4/h9H,6-8H2,1-5H3. The van der Waals surface area contributed by atoms with Crippen LogP contribution in [0.15, 0.2) is 0 Å². The fourth-order valence-electron chi connectivity index (χ4n) is 1.02. The molecule has 0 saturated heterocycles. The van der Waals surface area contributed by atoms with E-state index in [2.05, 4.69) is 25.5 Å². The zero-order chi connectivity index (χ0) is 12.1. The van der Waals surface area contributed by atoms with Crippen molar-refractivity contribution in [1.29, 1.82) is 0 Å². The molecular formula is C11H22O3S. The lowest BCUT2D eigenvalue weighted by molar-refractivity contribution is -0.140. The van der Waals surface area contributed by atoms with Crippen LogP contribution in [0.4, 0.5) is 0 Å². The van der Waals surface area contributed by atoms with E-state index in [1.807, 2.05) is 6.92 Å². The van der Waals surface area contributed by atoms with Crippen LogP contribution >= 0.6 is 0 Å². The summed E-state index contributed by atoms with van der Waals surface area (Å²) in [6, 6.07) is 0. The number of carbonyl (C=O) groups is 1. The van der Waals surface area contributed by atoms with Crippen LogP contribution in [0, 0.1) is 5.41 Å². The van der Waals surface area contributed by atoms with Gasteiger partial charge in [0, 0.05) is 21.8 Å². The normalized spacial score (nSPS) is 15.8. The van der Waals surface area contributed by atoms with Crippen LogP contribution in [0.5, 0.6) is 0 Å². The molecule has 90 valence electrons. The summed E-state index contributed by atoms with van der Waals surface area (Å²) in [6.07, 6.45) is 1.15. The van der Waals surface area contributed by atoms with Gasteiger partial charge in [-0.05, 0) is 11.8 Å². The van der Waals surface area contributed by atoms with E-state index < -0.39 is 10.8 Å². The highest BCUT2D eigenvalue weighted by molar-refractivity contribution is 7.85. The van der Waals surface area contributed by atoms with E-state index in [0.717, 1.165) is 6.42 Å². The maximum Gasteiger partial charge on any atom is 0.306 e. The van der Waals surface area contributed by atoms with Crippen molar-refractivity contribution in [2.75, 3.05) is 12.9 Å². The molecule has 0 bridgehead atoms. The smallest absolute Gasteiger partial charge is 0.306 e. The van der Waals surface area contributed by atoms with E-state index in [1.54, 1.807) is 0 Å². The Hall–Kier alpha value is -0.380. The summed E-state index contributed by atoms with van der Waals surface area (Å²) in [4.78, 5) is 11.0. The summed E-state index contributed by atoms with van der Waals surface area (Å²) in [5.41, 5.74) is 0.195. The summed E-state index contributed by atoms with van der Waals surface area (Å²) in [5, 5.41) is -0.111. The number of carbonyl (C=O) groups excluding carboxylic acids is 1. The number of hydrogen-bond acceptors (Lipinski definition) is 3. The van der Waals surface area contributed by atoms with E-state index >= 15 is 0 Å². The van der Waals surface area contributed by atoms with E-state index in [1.165, 1.54) is 7.11 Å². The summed E-state index contributed by atoms with van der Waals surface area (Å²) in [5.74, 6) is 0.369. The highest BCUT2D eigenvalue weighted by Crippen LogP contribution is 2.19. The highest BCUT2D eigenvalue weighted by Gasteiger charge is 2.18. The predicted molar refractivity (Wildman–Crippen MR) is 63.2 cm³/mol. The minimum Gasteiger partial charge on any atom is -0.469 e. The van der Waals surface area contributed by atoms with Crippen molar-refractivity contribution >= 4 is 16.8 Å². The average molecular weight is 234 g/mol. The Morgan fingerprint density at radius 3 is 2.33 bits per heavy atom. The quantitative estimate of drug-likeness (QED) is 0.684. The maximum atomic E-state index is 11.7. The molecule has 0 aliphatic rings. The number of ether oxygens (including phenoxy) is 1. The fourth-order valence-corrected chi connectivity index (χ4v) is 2.56. The molecule has 0 aliphatic carbocycles. The Balaban J connectivity index is 3.95. The number of hydrogen-bond donors (Lipinski definition) is 0. The molecule has 3 nitrogen and oxygen atoms in total. The molecular weight excluding hydrogens is 212 g/mol. The van der Waals surface area contributed by atoms with Crippen LogP contribution in [0.2, 0.25) is 0 Å². The van der Waals surface area contributed by atoms with E-state index in [0.29, 0.717) is 5.75 Å². The molecule has 0 amide bonds. The Labute approximate surface area is 95.0 Å². The Bertz CT molecular complexity index is 230. The second kappa shape index (κ2) is 6.26. The molecule has 0 rings (SSSR count). The molecule has 0 aromatic rings. The lowest BCUT2D eigenvalue weighted by atomic mass is 9.94. The SMILES string of the molecule is COC(=O)CC(C)S(=O)CCC(C)(C)C. The van der Waals surface area contributed by atoms with Crippen molar-refractivity contribution < 1.29 is 13.7 Å². The van der Waals surface area contributed by atoms with E-state index in [9.17, 15) is 9.00 Å². The Kier molecular flexibility index (Phi) is 6.10. The van der Waals surface area contributed by atoms with Crippen molar-refractivity contribution in [2.45, 2.75) is 45.8 Å². The largest absolute Gasteiger partial charge is 0.469 e. The summed E-state index contributed by atoms with van der Waals surface area (Å²) in [6.45, 7) is 8.19. The second-order valence-corrected chi connectivity index (χ2v) is 6.96. The first-order valence-electron chi connectivity index (χ1n) is 5.20. The number of methoxy groups -OCH3 is 1. The van der Waals surface area contributed by atoms with Crippen LogP contribution in [0.3, 0.4) is 0 Å². The van der Waals surface area contributed by atoms with Gasteiger partial charge in [0.2, 0.25) is 0 Å². The van der Waals surface area contributed by atoms with Gasteiger partial charge in [-0.1, -0.05) is 27.7 Å². The third kappa shape index (κ3) is 7.54. The lowest BCUT2D eigenvalue weighted by Gasteiger charge is -2.18. The summed E-state index contributed by atoms with van der Waals surface area (Å²) in [7, 11) is 0.420. The molecule has 0 N–H and O–H groups in total. The molecule has 0 saturated carbocycles. The fraction of sp³-hybridized carbons (Fsp3) is 0.909. The molecule has 0 aliphatic heterocycles. The zero-order valence-corrected chi connectivity index (χ0v) is 11.1. The molecule has 0 aromatic heterocycles. The Morgan fingerprint density at radius 1 is 1.40 bits per heavy atom. The number of esters is 1. The van der Waals surface area contributed by atoms with Gasteiger partial charge in [0.1, 0.15) is 0 Å². The third-order valence-electron chi connectivity index (χ3n) is 2.18. The van der Waals surface area contributed by atoms with Crippen molar-refractivity contribution in [3.8, 4) is 0 Å². The van der Waals surface area contributed by atoms with Crippen molar-refractivity contribution in [2.24, 2.45) is 5.41 Å². The average Bonchev–Trinajstić information content (AvgIpc) is 2.12. The van der Waals surface area contributed by atoms with Crippen LogP contribution in [-0.2, 0) is 20.3 Å². The molecule has 2 atom stereocenters. The van der Waals surface area contributed by atoms with Crippen LogP contribution in [-0.4, -0.2) is 28.3 Å². The van der Waals surface area contributed by atoms with Gasteiger partial charge >= 0.3 is 5.97 Å². The Morgan fingerprint density at radius 2 is 1.93 bits per heavy atom. The van der Waals surface area contributed by atoms with Crippen molar-refractivity contribution in [3.63, 3.8) is 0 Å². The van der Waals surface area contributed by atoms with Crippen molar-refractivity contribution in [1.82, 2.24) is 0 Å². The minimum atomic E-state index is -0.934. The molecule has 0 fully saturated rings. The molecule has 15 heavy (non-hydrogen) atoms. The first-order chi connectivity index (χ1) is 6.76. The number of rotatable bonds is 5. The molecule has 2 unspecified atom stereocenters. The van der Waals surface area contributed by atoms with Gasteiger partial charge < -0.3 is 4.74 Å². The molecule has 0 aromatic carbocycles. The second-order valence-electron chi connectivity index (χ2n) is 4.99. The van der Waals surface area contributed by atoms with E-state index in [-0.39, 0.29) is 23.1 Å². The van der Waals surface area contributed by atoms with Gasteiger partial charge in [0.25, 0.3) is 0 Å². The topological polar surface area (TPSA) is 43.4 Å². The minimum absolute atomic E-state index is 0.111. The van der Waals surface area contributed by atoms with Crippen LogP contribution < -0.4 is 0 Å². The summed E-state index contributed by atoms with van der Waals surface area (Å²) < 4.78 is 16.3. The monoisotopic (exact) mass is 234 g/mol. The van der Waals surface area contributed by atoms with Gasteiger partial charge in [-0.2, -0.15) is 0 Å². The first-order valence-corrected chi connectivity index (χ1v) is 6.58. The van der Waals surface area contributed by atoms with Gasteiger partial charge in [0.15, 0.2) is 0 Å². The van der Waals surface area contributed by atoms with Crippen molar-refractivity contribution in [3.05, 3.63) is 0 Å².